The first-order valence-corrected chi connectivity index (χ1v) is 10.5. The van der Waals surface area contributed by atoms with Crippen molar-refractivity contribution in [3.63, 3.8) is 0 Å². The van der Waals surface area contributed by atoms with E-state index >= 15 is 0 Å². The Morgan fingerprint density at radius 2 is 1.93 bits per heavy atom. The molecular weight excluding hydrogens is 416 g/mol. The van der Waals surface area contributed by atoms with Gasteiger partial charge in [-0.15, -0.1) is 22.7 Å². The molecule has 1 atom stereocenters. The first kappa shape index (κ1) is 18.9. The molecule has 1 aromatic carbocycles. The average Bonchev–Trinajstić information content (AvgIpc) is 3.37. The second kappa shape index (κ2) is 7.16. The molecule has 1 aliphatic heterocycles. The van der Waals surface area contributed by atoms with Crippen LogP contribution in [0, 0.1) is 13.8 Å². The molecule has 1 amide bonds. The number of aliphatic hydroxyl groups excluding tert-OH is 1. The predicted octanol–water partition coefficient (Wildman–Crippen LogP) is 5.26. The van der Waals surface area contributed by atoms with Crippen molar-refractivity contribution in [2.24, 2.45) is 0 Å². The van der Waals surface area contributed by atoms with E-state index in [2.05, 4.69) is 4.98 Å². The molecule has 2 aromatic heterocycles. The van der Waals surface area contributed by atoms with Crippen molar-refractivity contribution in [1.29, 1.82) is 0 Å². The number of carbonyl (C=O) groups excluding carboxylic acids is 2. The van der Waals surface area contributed by atoms with E-state index in [9.17, 15) is 14.7 Å². The number of benzene rings is 1. The highest BCUT2D eigenvalue weighted by atomic mass is 35.5. The summed E-state index contributed by atoms with van der Waals surface area (Å²) in [5.41, 5.74) is 1.53. The molecule has 1 unspecified atom stereocenters. The highest BCUT2D eigenvalue weighted by Gasteiger charge is 2.46. The fourth-order valence-electron chi connectivity index (χ4n) is 3.09. The molecule has 1 aliphatic rings. The van der Waals surface area contributed by atoms with Crippen LogP contribution >= 0.6 is 34.3 Å². The maximum absolute atomic E-state index is 13.1. The van der Waals surface area contributed by atoms with Gasteiger partial charge in [-0.05, 0) is 43.0 Å². The highest BCUT2D eigenvalue weighted by Crippen LogP contribution is 2.44. The number of hydrogen-bond acceptors (Lipinski definition) is 6. The zero-order valence-corrected chi connectivity index (χ0v) is 17.4. The second-order valence-electron chi connectivity index (χ2n) is 6.34. The normalized spacial score (nSPS) is 16.9. The van der Waals surface area contributed by atoms with Crippen LogP contribution in [0.3, 0.4) is 0 Å². The molecule has 1 N–H and O–H groups in total. The fourth-order valence-corrected chi connectivity index (χ4v) is 4.83. The van der Waals surface area contributed by atoms with Crippen LogP contribution < -0.4 is 4.90 Å². The van der Waals surface area contributed by atoms with E-state index in [1.54, 1.807) is 41.8 Å². The van der Waals surface area contributed by atoms with Crippen LogP contribution in [0.15, 0.2) is 53.1 Å². The third-order valence-electron chi connectivity index (χ3n) is 4.61. The van der Waals surface area contributed by atoms with Crippen LogP contribution in [0.5, 0.6) is 0 Å². The summed E-state index contributed by atoms with van der Waals surface area (Å²) in [6.07, 6.45) is 0. The van der Waals surface area contributed by atoms with Crippen molar-refractivity contribution in [2.45, 2.75) is 19.9 Å². The molecule has 5 nitrogen and oxygen atoms in total. The second-order valence-corrected chi connectivity index (χ2v) is 8.90. The number of hydrogen-bond donors (Lipinski definition) is 1. The Balaban J connectivity index is 1.89. The van der Waals surface area contributed by atoms with Crippen LogP contribution in [0.25, 0.3) is 0 Å². The molecule has 0 radical (unpaired) electrons. The van der Waals surface area contributed by atoms with Gasteiger partial charge in [0, 0.05) is 9.90 Å². The molecule has 28 heavy (non-hydrogen) atoms. The van der Waals surface area contributed by atoms with E-state index in [4.69, 9.17) is 11.6 Å². The number of thiophene rings is 1. The molecule has 0 saturated heterocycles. The predicted molar refractivity (Wildman–Crippen MR) is 112 cm³/mol. The summed E-state index contributed by atoms with van der Waals surface area (Å²) >= 11 is 8.63. The van der Waals surface area contributed by atoms with E-state index in [0.717, 1.165) is 10.6 Å². The average molecular weight is 431 g/mol. The van der Waals surface area contributed by atoms with Crippen LogP contribution in [0.1, 0.15) is 31.8 Å². The van der Waals surface area contributed by atoms with Gasteiger partial charge in [0.15, 0.2) is 10.9 Å². The third-order valence-corrected chi connectivity index (χ3v) is 6.80. The van der Waals surface area contributed by atoms with E-state index in [1.807, 2.05) is 13.8 Å². The van der Waals surface area contributed by atoms with Gasteiger partial charge >= 0.3 is 0 Å². The van der Waals surface area contributed by atoms with Gasteiger partial charge in [0.1, 0.15) is 0 Å². The molecule has 4 rings (SSSR count). The van der Waals surface area contributed by atoms with Gasteiger partial charge in [0.2, 0.25) is 5.78 Å². The number of thiazole rings is 1. The van der Waals surface area contributed by atoms with Crippen molar-refractivity contribution in [3.05, 3.63) is 79.1 Å². The monoisotopic (exact) mass is 430 g/mol. The maximum atomic E-state index is 13.1. The van der Waals surface area contributed by atoms with Crippen LogP contribution in [-0.4, -0.2) is 21.8 Å². The number of carbonyl (C=O) groups is 2. The molecule has 142 valence electrons. The van der Waals surface area contributed by atoms with Crippen molar-refractivity contribution in [2.75, 3.05) is 4.90 Å². The van der Waals surface area contributed by atoms with E-state index in [1.165, 1.54) is 27.6 Å². The smallest absolute Gasteiger partial charge is 0.296 e. The highest BCUT2D eigenvalue weighted by molar-refractivity contribution is 7.16. The summed E-state index contributed by atoms with van der Waals surface area (Å²) in [4.78, 5) is 33.4. The Labute approximate surface area is 174 Å². The first-order chi connectivity index (χ1) is 13.4. The van der Waals surface area contributed by atoms with Crippen LogP contribution in [0.4, 0.5) is 5.13 Å². The van der Waals surface area contributed by atoms with Gasteiger partial charge in [-0.2, -0.15) is 0 Å². The molecule has 3 heterocycles. The Morgan fingerprint density at radius 3 is 2.50 bits per heavy atom. The number of aliphatic hydroxyl groups is 1. The minimum atomic E-state index is -0.774. The molecule has 0 bridgehead atoms. The van der Waals surface area contributed by atoms with Crippen molar-refractivity contribution >= 4 is 51.1 Å². The van der Waals surface area contributed by atoms with E-state index in [-0.39, 0.29) is 11.4 Å². The van der Waals surface area contributed by atoms with Crippen molar-refractivity contribution < 1.29 is 14.7 Å². The number of halogens is 1. The largest absolute Gasteiger partial charge is 0.503 e. The lowest BCUT2D eigenvalue weighted by molar-refractivity contribution is -0.117. The van der Waals surface area contributed by atoms with Crippen molar-refractivity contribution in [1.82, 2.24) is 4.98 Å². The topological polar surface area (TPSA) is 70.5 Å². The Hall–Kier alpha value is -2.48. The number of rotatable bonds is 4. The minimum absolute atomic E-state index is 0.0558. The van der Waals surface area contributed by atoms with Gasteiger partial charge in [-0.3, -0.25) is 14.5 Å². The molecule has 0 spiro atoms. The zero-order chi connectivity index (χ0) is 20.0. The quantitative estimate of drug-likeness (QED) is 0.573. The molecule has 0 saturated carbocycles. The summed E-state index contributed by atoms with van der Waals surface area (Å²) in [6, 6.07) is 9.55. The molecule has 0 aliphatic carbocycles. The molecular formula is C20H15ClN2O3S2. The molecule has 0 fully saturated rings. The van der Waals surface area contributed by atoms with E-state index in [0.29, 0.717) is 20.6 Å². The van der Waals surface area contributed by atoms with Crippen LogP contribution in [-0.2, 0) is 4.79 Å². The Morgan fingerprint density at radius 1 is 1.21 bits per heavy atom. The summed E-state index contributed by atoms with van der Waals surface area (Å²) in [5, 5.41) is 13.4. The lowest BCUT2D eigenvalue weighted by atomic mass is 9.95. The summed E-state index contributed by atoms with van der Waals surface area (Å²) in [7, 11) is 0. The SMILES string of the molecule is Cc1nc(N2C(=O)C(O)=C(C(=O)c3cccs3)C2c2ccc(Cl)cc2)sc1C. The van der Waals surface area contributed by atoms with Gasteiger partial charge < -0.3 is 5.11 Å². The Bertz CT molecular complexity index is 1080. The number of anilines is 1. The minimum Gasteiger partial charge on any atom is -0.503 e. The van der Waals surface area contributed by atoms with Gasteiger partial charge in [0.05, 0.1) is 22.2 Å². The van der Waals surface area contributed by atoms with Crippen LogP contribution in [0.2, 0.25) is 5.02 Å². The number of nitrogens with zero attached hydrogens (tertiary/aromatic N) is 2. The number of ketones is 1. The van der Waals surface area contributed by atoms with Gasteiger partial charge in [-0.1, -0.05) is 29.8 Å². The zero-order valence-electron chi connectivity index (χ0n) is 15.0. The lowest BCUT2D eigenvalue weighted by Gasteiger charge is -2.24. The van der Waals surface area contributed by atoms with E-state index < -0.39 is 17.7 Å². The molecule has 8 heteroatoms. The first-order valence-electron chi connectivity index (χ1n) is 8.43. The fraction of sp³-hybridized carbons (Fsp3) is 0.150. The maximum Gasteiger partial charge on any atom is 0.296 e. The summed E-state index contributed by atoms with van der Waals surface area (Å²) in [6.45, 7) is 3.78. The van der Waals surface area contributed by atoms with Gasteiger partial charge in [-0.25, -0.2) is 4.98 Å². The van der Waals surface area contributed by atoms with Gasteiger partial charge in [0.25, 0.3) is 5.91 Å². The molecule has 3 aromatic rings. The standard InChI is InChI=1S/C20H15ClN2O3S2/c1-10-11(2)28-20(22-10)23-16(12-5-7-13(21)8-6-12)15(18(25)19(23)26)17(24)14-4-3-9-27-14/h3-9,16,25H,1-2H3. The number of aryl methyl sites for hydroxylation is 2. The number of Topliss-reactive ketones (excluding diaryl/α,β-unsaturated/α-hetero) is 1. The summed E-state index contributed by atoms with van der Waals surface area (Å²) < 4.78 is 0. The third kappa shape index (κ3) is 3.05. The lowest BCUT2D eigenvalue weighted by Crippen LogP contribution is -2.30. The summed E-state index contributed by atoms with van der Waals surface area (Å²) in [5.74, 6) is -1.54. The number of aromatic nitrogens is 1. The Kier molecular flexibility index (Phi) is 4.82. The number of amides is 1. The van der Waals surface area contributed by atoms with Crippen molar-refractivity contribution in [3.8, 4) is 0 Å².